The number of rotatable bonds is 7. The average Bonchev–Trinajstić information content (AvgIpc) is 2.97. The van der Waals surface area contributed by atoms with E-state index in [9.17, 15) is 13.2 Å². The molecule has 1 N–H and O–H groups in total. The van der Waals surface area contributed by atoms with Crippen molar-refractivity contribution in [3.05, 3.63) is 64.4 Å². The third kappa shape index (κ3) is 4.31. The van der Waals surface area contributed by atoms with E-state index in [1.807, 2.05) is 18.4 Å². The Bertz CT molecular complexity index is 841. The summed E-state index contributed by atoms with van der Waals surface area (Å²) in [7, 11) is -1.94. The van der Waals surface area contributed by atoms with Gasteiger partial charge in [-0.25, -0.2) is 13.1 Å². The number of amides is 1. The number of benzene rings is 1. The quantitative estimate of drug-likeness (QED) is 0.768. The Kier molecular flexibility index (Phi) is 5.93. The van der Waals surface area contributed by atoms with Gasteiger partial charge in [-0.15, -0.1) is 17.9 Å². The predicted molar refractivity (Wildman–Crippen MR) is 96.7 cm³/mol. The van der Waals surface area contributed by atoms with Crippen molar-refractivity contribution >= 4 is 27.3 Å². The van der Waals surface area contributed by atoms with Gasteiger partial charge in [0, 0.05) is 24.0 Å². The van der Waals surface area contributed by atoms with E-state index in [4.69, 9.17) is 0 Å². The van der Waals surface area contributed by atoms with Crippen molar-refractivity contribution in [2.75, 3.05) is 13.6 Å². The van der Waals surface area contributed by atoms with Crippen LogP contribution in [0.2, 0.25) is 0 Å². The number of hydrogen-bond acceptors (Lipinski definition) is 4. The Morgan fingerprint density at radius 3 is 2.75 bits per heavy atom. The minimum absolute atomic E-state index is 0.0657. The number of carbonyl (C=O) groups excluding carboxylic acids is 1. The molecule has 0 saturated carbocycles. The van der Waals surface area contributed by atoms with Crippen LogP contribution in [-0.2, 0) is 16.6 Å². The molecule has 5 nitrogen and oxygen atoms in total. The molecule has 24 heavy (non-hydrogen) atoms. The van der Waals surface area contributed by atoms with Crippen LogP contribution >= 0.6 is 11.3 Å². The van der Waals surface area contributed by atoms with Gasteiger partial charge in [0.2, 0.25) is 10.0 Å². The maximum absolute atomic E-state index is 12.6. The van der Waals surface area contributed by atoms with Gasteiger partial charge in [0.25, 0.3) is 5.91 Å². The second-order valence-corrected chi connectivity index (χ2v) is 8.12. The van der Waals surface area contributed by atoms with Gasteiger partial charge >= 0.3 is 0 Å². The Labute approximate surface area is 146 Å². The van der Waals surface area contributed by atoms with Crippen LogP contribution in [0.5, 0.6) is 0 Å². The predicted octanol–water partition coefficient (Wildman–Crippen LogP) is 2.79. The number of thiophene rings is 1. The molecule has 0 bridgehead atoms. The molecule has 0 aliphatic carbocycles. The van der Waals surface area contributed by atoms with Gasteiger partial charge in [0.1, 0.15) is 0 Å². The lowest BCUT2D eigenvalue weighted by Gasteiger charge is -2.17. The Hall–Kier alpha value is -1.96. The van der Waals surface area contributed by atoms with Gasteiger partial charge in [-0.1, -0.05) is 12.1 Å². The second-order valence-electron chi connectivity index (χ2n) is 5.36. The smallest absolute Gasteiger partial charge is 0.253 e. The molecule has 2 rings (SSSR count). The lowest BCUT2D eigenvalue weighted by Crippen LogP contribution is -2.27. The molecule has 128 valence electrons. The summed E-state index contributed by atoms with van der Waals surface area (Å²) in [5.74, 6) is -0.219. The van der Waals surface area contributed by atoms with E-state index in [1.54, 1.807) is 35.4 Å². The van der Waals surface area contributed by atoms with Crippen LogP contribution in [0.15, 0.2) is 53.3 Å². The highest BCUT2D eigenvalue weighted by atomic mass is 32.2. The number of sulfonamides is 1. The van der Waals surface area contributed by atoms with Crippen LogP contribution in [0.1, 0.15) is 20.8 Å². The van der Waals surface area contributed by atoms with E-state index in [0.29, 0.717) is 12.1 Å². The van der Waals surface area contributed by atoms with E-state index in [-0.39, 0.29) is 17.3 Å². The summed E-state index contributed by atoms with van der Waals surface area (Å²) in [6, 6.07) is 8.06. The molecule has 0 fully saturated rings. The highest BCUT2D eigenvalue weighted by Crippen LogP contribution is 2.19. The van der Waals surface area contributed by atoms with Crippen molar-refractivity contribution in [1.82, 2.24) is 9.62 Å². The summed E-state index contributed by atoms with van der Waals surface area (Å²) in [6.45, 7) is 6.12. The summed E-state index contributed by atoms with van der Waals surface area (Å²) in [5, 5.41) is 1.99. The van der Waals surface area contributed by atoms with E-state index in [0.717, 1.165) is 10.4 Å². The first-order valence-corrected chi connectivity index (χ1v) is 9.70. The number of aryl methyl sites for hydroxylation is 1. The average molecular weight is 364 g/mol. The van der Waals surface area contributed by atoms with Gasteiger partial charge in [0.15, 0.2) is 0 Å². The molecule has 1 heterocycles. The summed E-state index contributed by atoms with van der Waals surface area (Å²) in [4.78, 5) is 15.3. The van der Waals surface area contributed by atoms with Crippen molar-refractivity contribution in [3.63, 3.8) is 0 Å². The lowest BCUT2D eigenvalue weighted by molar-refractivity contribution is 0.0786. The number of nitrogens with one attached hydrogen (secondary N) is 1. The fraction of sp³-hybridized carbons (Fsp3) is 0.235. The Morgan fingerprint density at radius 1 is 1.38 bits per heavy atom. The second kappa shape index (κ2) is 7.74. The van der Waals surface area contributed by atoms with E-state index in [1.165, 1.54) is 18.2 Å². The largest absolute Gasteiger partial charge is 0.337 e. The molecule has 0 unspecified atom stereocenters. The van der Waals surface area contributed by atoms with Crippen molar-refractivity contribution in [1.29, 1.82) is 0 Å². The normalized spacial score (nSPS) is 11.2. The van der Waals surface area contributed by atoms with Crippen molar-refractivity contribution in [2.45, 2.75) is 18.4 Å². The van der Waals surface area contributed by atoms with Crippen LogP contribution < -0.4 is 4.72 Å². The zero-order chi connectivity index (χ0) is 17.7. The van der Waals surface area contributed by atoms with Crippen LogP contribution in [0.4, 0.5) is 0 Å². The SMILES string of the molecule is C=CCNS(=O)(=O)c1cccc(C(=O)N(C)Cc2sccc2C)c1. The van der Waals surface area contributed by atoms with E-state index in [2.05, 4.69) is 11.3 Å². The zero-order valence-electron chi connectivity index (χ0n) is 13.7. The topological polar surface area (TPSA) is 66.5 Å². The van der Waals surface area contributed by atoms with Crippen molar-refractivity contribution in [3.8, 4) is 0 Å². The first-order chi connectivity index (χ1) is 11.3. The summed E-state index contributed by atoms with van der Waals surface area (Å²) in [6.07, 6.45) is 1.46. The number of nitrogens with zero attached hydrogens (tertiary/aromatic N) is 1. The molecule has 0 aliphatic heterocycles. The lowest BCUT2D eigenvalue weighted by atomic mass is 10.2. The molecule has 1 aromatic carbocycles. The molecule has 0 atom stereocenters. The Balaban J connectivity index is 2.19. The van der Waals surface area contributed by atoms with Gasteiger partial charge in [0.05, 0.1) is 11.4 Å². The first-order valence-electron chi connectivity index (χ1n) is 7.34. The molecule has 1 aromatic heterocycles. The molecular formula is C17H20N2O3S2. The first kappa shape index (κ1) is 18.4. The fourth-order valence-electron chi connectivity index (χ4n) is 2.12. The fourth-order valence-corrected chi connectivity index (χ4v) is 4.12. The maximum atomic E-state index is 12.6. The van der Waals surface area contributed by atoms with Gasteiger partial charge < -0.3 is 4.90 Å². The molecule has 1 amide bonds. The maximum Gasteiger partial charge on any atom is 0.253 e. The highest BCUT2D eigenvalue weighted by Gasteiger charge is 2.18. The molecule has 0 saturated heterocycles. The molecular weight excluding hydrogens is 344 g/mol. The summed E-state index contributed by atoms with van der Waals surface area (Å²) >= 11 is 1.60. The number of carbonyl (C=O) groups is 1. The molecule has 2 aromatic rings. The monoisotopic (exact) mass is 364 g/mol. The van der Waals surface area contributed by atoms with E-state index < -0.39 is 10.0 Å². The summed E-state index contributed by atoms with van der Waals surface area (Å²) < 4.78 is 26.7. The van der Waals surface area contributed by atoms with Crippen LogP contribution in [0.25, 0.3) is 0 Å². The number of hydrogen-bond donors (Lipinski definition) is 1. The summed E-state index contributed by atoms with van der Waals surface area (Å²) in [5.41, 5.74) is 1.48. The van der Waals surface area contributed by atoms with E-state index >= 15 is 0 Å². The van der Waals surface area contributed by atoms with Crippen LogP contribution in [0, 0.1) is 6.92 Å². The van der Waals surface area contributed by atoms with Gasteiger partial charge in [-0.05, 0) is 42.1 Å². The Morgan fingerprint density at radius 2 is 2.12 bits per heavy atom. The zero-order valence-corrected chi connectivity index (χ0v) is 15.3. The standard InChI is InChI=1S/C17H20N2O3S2/c1-4-9-18-24(21,22)15-7-5-6-14(11-15)17(20)19(3)12-16-13(2)8-10-23-16/h4-8,10-11,18H,1,9,12H2,2-3H3. The molecule has 0 aliphatic rings. The minimum atomic E-state index is -3.65. The third-order valence-corrected chi connectivity index (χ3v) is 5.93. The van der Waals surface area contributed by atoms with Gasteiger partial charge in [-0.3, -0.25) is 4.79 Å². The third-order valence-electron chi connectivity index (χ3n) is 3.50. The van der Waals surface area contributed by atoms with Gasteiger partial charge in [-0.2, -0.15) is 0 Å². The van der Waals surface area contributed by atoms with Crippen LogP contribution in [0.3, 0.4) is 0 Å². The highest BCUT2D eigenvalue weighted by molar-refractivity contribution is 7.89. The van der Waals surface area contributed by atoms with Crippen molar-refractivity contribution in [2.24, 2.45) is 0 Å². The minimum Gasteiger partial charge on any atom is -0.337 e. The molecule has 7 heteroatoms. The van der Waals surface area contributed by atoms with Crippen molar-refractivity contribution < 1.29 is 13.2 Å². The molecule has 0 spiro atoms. The van der Waals surface area contributed by atoms with Crippen LogP contribution in [-0.4, -0.2) is 32.8 Å². The molecule has 0 radical (unpaired) electrons.